The Bertz CT molecular complexity index is 618. The molecule has 1 unspecified atom stereocenters. The van der Waals surface area contributed by atoms with Crippen LogP contribution in [-0.2, 0) is 6.61 Å². The van der Waals surface area contributed by atoms with Gasteiger partial charge in [0, 0.05) is 6.04 Å². The molecule has 0 aliphatic rings. The van der Waals surface area contributed by atoms with E-state index in [1.54, 1.807) is 12.1 Å². The first-order valence-electron chi connectivity index (χ1n) is 7.87. The van der Waals surface area contributed by atoms with Gasteiger partial charge in [0.25, 0.3) is 5.91 Å². The molecule has 0 fully saturated rings. The number of rotatable bonds is 8. The lowest BCUT2D eigenvalue weighted by Crippen LogP contribution is -2.31. The smallest absolute Gasteiger partial charge is 0.287 e. The molecule has 23 heavy (non-hydrogen) atoms. The van der Waals surface area contributed by atoms with Crippen LogP contribution in [0.4, 0.5) is 0 Å². The highest BCUT2D eigenvalue weighted by Crippen LogP contribution is 2.19. The summed E-state index contributed by atoms with van der Waals surface area (Å²) in [6.07, 6.45) is 0.875. The molecule has 0 bridgehead atoms. The van der Waals surface area contributed by atoms with E-state index < -0.39 is 0 Å². The van der Waals surface area contributed by atoms with Gasteiger partial charge in [0.05, 0.1) is 6.61 Å². The van der Waals surface area contributed by atoms with Crippen LogP contribution in [0.15, 0.2) is 40.8 Å². The van der Waals surface area contributed by atoms with Crippen molar-refractivity contribution in [1.29, 1.82) is 0 Å². The molecule has 5 heteroatoms. The van der Waals surface area contributed by atoms with Crippen molar-refractivity contribution in [2.75, 3.05) is 6.61 Å². The summed E-state index contributed by atoms with van der Waals surface area (Å²) >= 11 is 0. The Morgan fingerprint density at radius 2 is 1.74 bits per heavy atom. The fourth-order valence-electron chi connectivity index (χ4n) is 1.93. The van der Waals surface area contributed by atoms with E-state index in [-0.39, 0.29) is 18.6 Å². The SMILES string of the molecule is CCOc1ccc(OCc2ccc(C(=O)NC(C)CC)o2)cc1. The highest BCUT2D eigenvalue weighted by atomic mass is 16.5. The van der Waals surface area contributed by atoms with Crippen LogP contribution in [-0.4, -0.2) is 18.6 Å². The highest BCUT2D eigenvalue weighted by Gasteiger charge is 2.13. The predicted octanol–water partition coefficient (Wildman–Crippen LogP) is 3.79. The van der Waals surface area contributed by atoms with Gasteiger partial charge in [0.2, 0.25) is 0 Å². The van der Waals surface area contributed by atoms with Crippen LogP contribution < -0.4 is 14.8 Å². The molecule has 1 heterocycles. The third-order valence-electron chi connectivity index (χ3n) is 3.39. The zero-order valence-corrected chi connectivity index (χ0v) is 13.8. The average Bonchev–Trinajstić information content (AvgIpc) is 3.03. The molecule has 2 rings (SSSR count). The molecule has 0 saturated carbocycles. The minimum absolute atomic E-state index is 0.121. The fourth-order valence-corrected chi connectivity index (χ4v) is 1.93. The third kappa shape index (κ3) is 5.06. The lowest BCUT2D eigenvalue weighted by Gasteiger charge is -2.09. The summed E-state index contributed by atoms with van der Waals surface area (Å²) in [6, 6.07) is 10.9. The number of benzene rings is 1. The van der Waals surface area contributed by atoms with E-state index in [0.29, 0.717) is 18.1 Å². The summed E-state index contributed by atoms with van der Waals surface area (Å²) < 4.78 is 16.5. The van der Waals surface area contributed by atoms with Crippen LogP contribution >= 0.6 is 0 Å². The van der Waals surface area contributed by atoms with E-state index in [2.05, 4.69) is 5.32 Å². The topological polar surface area (TPSA) is 60.7 Å². The molecular formula is C18H23NO4. The summed E-state index contributed by atoms with van der Waals surface area (Å²) in [7, 11) is 0. The van der Waals surface area contributed by atoms with Crippen molar-refractivity contribution in [3.8, 4) is 11.5 Å². The summed E-state index contributed by atoms with van der Waals surface area (Å²) in [5, 5.41) is 2.86. The first kappa shape index (κ1) is 16.9. The second kappa shape index (κ2) is 8.27. The lowest BCUT2D eigenvalue weighted by atomic mass is 10.2. The molecule has 0 saturated heterocycles. The van der Waals surface area contributed by atoms with Crippen molar-refractivity contribution in [2.45, 2.75) is 39.8 Å². The second-order valence-electron chi connectivity index (χ2n) is 5.24. The number of hydrogen-bond donors (Lipinski definition) is 1. The van der Waals surface area contributed by atoms with E-state index in [9.17, 15) is 4.79 Å². The maximum Gasteiger partial charge on any atom is 0.287 e. The van der Waals surface area contributed by atoms with Crippen LogP contribution in [0, 0.1) is 0 Å². The Morgan fingerprint density at radius 1 is 1.09 bits per heavy atom. The van der Waals surface area contributed by atoms with Crippen molar-refractivity contribution >= 4 is 5.91 Å². The molecular weight excluding hydrogens is 294 g/mol. The third-order valence-corrected chi connectivity index (χ3v) is 3.39. The monoisotopic (exact) mass is 317 g/mol. The molecule has 1 atom stereocenters. The average molecular weight is 317 g/mol. The lowest BCUT2D eigenvalue weighted by molar-refractivity contribution is 0.0907. The van der Waals surface area contributed by atoms with Gasteiger partial charge in [-0.2, -0.15) is 0 Å². The summed E-state index contributed by atoms with van der Waals surface area (Å²) in [6.45, 7) is 6.81. The maximum absolute atomic E-state index is 11.9. The Morgan fingerprint density at radius 3 is 2.35 bits per heavy atom. The van der Waals surface area contributed by atoms with Crippen LogP contribution in [0.1, 0.15) is 43.5 Å². The van der Waals surface area contributed by atoms with Gasteiger partial charge in [-0.3, -0.25) is 4.79 Å². The Kier molecular flexibility index (Phi) is 6.09. The number of hydrogen-bond acceptors (Lipinski definition) is 4. The molecule has 1 N–H and O–H groups in total. The Hall–Kier alpha value is -2.43. The van der Waals surface area contributed by atoms with Gasteiger partial charge in [0.15, 0.2) is 5.76 Å². The molecule has 1 aromatic carbocycles. The van der Waals surface area contributed by atoms with Crippen molar-refractivity contribution < 1.29 is 18.7 Å². The Labute approximate surface area is 136 Å². The molecule has 0 aliphatic heterocycles. The first-order valence-corrected chi connectivity index (χ1v) is 7.87. The molecule has 2 aromatic rings. The van der Waals surface area contributed by atoms with Gasteiger partial charge in [0.1, 0.15) is 23.9 Å². The molecule has 5 nitrogen and oxygen atoms in total. The maximum atomic E-state index is 11.9. The zero-order chi connectivity index (χ0) is 16.7. The molecule has 1 aromatic heterocycles. The molecule has 0 spiro atoms. The number of ether oxygens (including phenoxy) is 2. The van der Waals surface area contributed by atoms with Crippen molar-refractivity contribution in [2.24, 2.45) is 0 Å². The highest BCUT2D eigenvalue weighted by molar-refractivity contribution is 5.91. The standard InChI is InChI=1S/C18H23NO4/c1-4-13(3)19-18(20)17-11-10-16(23-17)12-22-15-8-6-14(7-9-15)21-5-2/h6-11,13H,4-5,12H2,1-3H3,(H,19,20). The van der Waals surface area contributed by atoms with Gasteiger partial charge in [-0.25, -0.2) is 0 Å². The van der Waals surface area contributed by atoms with Gasteiger partial charge in [-0.05, 0) is 56.7 Å². The molecule has 1 amide bonds. The van der Waals surface area contributed by atoms with Crippen LogP contribution in [0.25, 0.3) is 0 Å². The van der Waals surface area contributed by atoms with Gasteiger partial charge in [-0.15, -0.1) is 0 Å². The van der Waals surface area contributed by atoms with Crippen molar-refractivity contribution in [3.63, 3.8) is 0 Å². The van der Waals surface area contributed by atoms with Gasteiger partial charge in [-0.1, -0.05) is 6.92 Å². The predicted molar refractivity (Wildman–Crippen MR) is 87.9 cm³/mol. The number of amides is 1. The number of carbonyl (C=O) groups excluding carboxylic acids is 1. The summed E-state index contributed by atoms with van der Waals surface area (Å²) in [5.74, 6) is 2.23. The quantitative estimate of drug-likeness (QED) is 0.805. The van der Waals surface area contributed by atoms with Crippen molar-refractivity contribution in [1.82, 2.24) is 5.32 Å². The van der Waals surface area contributed by atoms with Gasteiger partial charge >= 0.3 is 0 Å². The first-order chi connectivity index (χ1) is 11.1. The second-order valence-corrected chi connectivity index (χ2v) is 5.24. The van der Waals surface area contributed by atoms with E-state index >= 15 is 0 Å². The van der Waals surface area contributed by atoms with Crippen LogP contribution in [0.5, 0.6) is 11.5 Å². The van der Waals surface area contributed by atoms with E-state index in [4.69, 9.17) is 13.9 Å². The Balaban J connectivity index is 1.88. The fraction of sp³-hybridized carbons (Fsp3) is 0.389. The van der Waals surface area contributed by atoms with Gasteiger partial charge < -0.3 is 19.2 Å². The number of furan rings is 1. The van der Waals surface area contributed by atoms with E-state index in [0.717, 1.165) is 17.9 Å². The molecule has 0 radical (unpaired) electrons. The molecule has 0 aliphatic carbocycles. The van der Waals surface area contributed by atoms with E-state index in [1.807, 2.05) is 45.0 Å². The normalized spacial score (nSPS) is 11.8. The summed E-state index contributed by atoms with van der Waals surface area (Å²) in [4.78, 5) is 11.9. The minimum atomic E-state index is -0.202. The number of nitrogens with one attached hydrogen (secondary N) is 1. The van der Waals surface area contributed by atoms with E-state index in [1.165, 1.54) is 0 Å². The van der Waals surface area contributed by atoms with Crippen molar-refractivity contribution in [3.05, 3.63) is 47.9 Å². The minimum Gasteiger partial charge on any atom is -0.494 e. The zero-order valence-electron chi connectivity index (χ0n) is 13.8. The number of carbonyl (C=O) groups is 1. The largest absolute Gasteiger partial charge is 0.494 e. The molecule has 124 valence electrons. The summed E-state index contributed by atoms with van der Waals surface area (Å²) in [5.41, 5.74) is 0. The van der Waals surface area contributed by atoms with Crippen LogP contribution in [0.2, 0.25) is 0 Å². The van der Waals surface area contributed by atoms with Crippen LogP contribution in [0.3, 0.4) is 0 Å².